The first-order valence-electron chi connectivity index (χ1n) is 12.1. The molecule has 4 atom stereocenters. The van der Waals surface area contributed by atoms with E-state index in [0.717, 1.165) is 17.5 Å². The number of nitrogens with zero attached hydrogens (tertiary/aromatic N) is 2. The van der Waals surface area contributed by atoms with E-state index in [4.69, 9.17) is 9.47 Å². The molecule has 2 aromatic rings. The van der Waals surface area contributed by atoms with Crippen molar-refractivity contribution in [2.24, 2.45) is 0 Å². The van der Waals surface area contributed by atoms with E-state index in [0.29, 0.717) is 26.1 Å². The quantitative estimate of drug-likeness (QED) is 0.638. The summed E-state index contributed by atoms with van der Waals surface area (Å²) >= 11 is 0. The van der Waals surface area contributed by atoms with Crippen LogP contribution in [0.1, 0.15) is 29.2 Å². The summed E-state index contributed by atoms with van der Waals surface area (Å²) in [6.07, 6.45) is 0.291. The van der Waals surface area contributed by atoms with E-state index in [2.05, 4.69) is 11.0 Å². The van der Waals surface area contributed by atoms with Crippen LogP contribution in [0, 0.1) is 5.82 Å². The van der Waals surface area contributed by atoms with Crippen LogP contribution in [0.15, 0.2) is 48.5 Å². The summed E-state index contributed by atoms with van der Waals surface area (Å²) in [4.78, 5) is 17.9. The highest BCUT2D eigenvalue weighted by Crippen LogP contribution is 2.37. The molecule has 2 aromatic carbocycles. The van der Waals surface area contributed by atoms with Gasteiger partial charge in [0.25, 0.3) is 5.91 Å². The highest BCUT2D eigenvalue weighted by atomic mass is 32.2. The Balaban J connectivity index is 1.40. The highest BCUT2D eigenvalue weighted by molar-refractivity contribution is 7.91. The standard InChI is InChI=1S/C26H31FN2O5S/c1-33-24-17-34-23(16-22(24)28-12-14-35(31,32)15-13-28)26(30)29-11-10-18-4-2-3-5-21(18)25(29)19-6-8-20(27)9-7-19/h2-9,22-25H,10-17H2,1H3/t22-,23+,24-,25-/m0/s1. The van der Waals surface area contributed by atoms with E-state index in [-0.39, 0.29) is 48.0 Å². The van der Waals surface area contributed by atoms with Gasteiger partial charge in [-0.05, 0) is 35.2 Å². The molecular formula is C26H31FN2O5S. The molecule has 0 unspecified atom stereocenters. The van der Waals surface area contributed by atoms with E-state index in [1.54, 1.807) is 19.2 Å². The average molecular weight is 503 g/mol. The van der Waals surface area contributed by atoms with E-state index in [1.807, 2.05) is 23.1 Å². The molecular weight excluding hydrogens is 471 g/mol. The van der Waals surface area contributed by atoms with Gasteiger partial charge in [0.2, 0.25) is 0 Å². The van der Waals surface area contributed by atoms with Crippen molar-refractivity contribution < 1.29 is 27.1 Å². The minimum Gasteiger partial charge on any atom is -0.377 e. The lowest BCUT2D eigenvalue weighted by atomic mass is 9.87. The Labute approximate surface area is 205 Å². The van der Waals surface area contributed by atoms with Crippen molar-refractivity contribution >= 4 is 15.7 Å². The zero-order valence-electron chi connectivity index (χ0n) is 19.8. The SMILES string of the molecule is CO[C@H]1CO[C@@H](C(=O)N2CCc3ccccc3[C@@H]2c2ccc(F)cc2)C[C@@H]1N1CCS(=O)(=O)CC1. The van der Waals surface area contributed by atoms with Crippen LogP contribution < -0.4 is 0 Å². The lowest BCUT2D eigenvalue weighted by Gasteiger charge is -2.45. The molecule has 0 N–H and O–H groups in total. The Morgan fingerprint density at radius 1 is 1.06 bits per heavy atom. The second-order valence-electron chi connectivity index (χ2n) is 9.52. The Morgan fingerprint density at radius 3 is 2.49 bits per heavy atom. The molecule has 2 saturated heterocycles. The minimum absolute atomic E-state index is 0.0976. The predicted molar refractivity (Wildman–Crippen MR) is 129 cm³/mol. The maximum absolute atomic E-state index is 13.9. The number of ether oxygens (including phenoxy) is 2. The summed E-state index contributed by atoms with van der Waals surface area (Å²) in [5.74, 6) is -0.175. The highest BCUT2D eigenvalue weighted by Gasteiger charge is 2.43. The number of carbonyl (C=O) groups excluding carboxylic acids is 1. The van der Waals surface area contributed by atoms with Gasteiger partial charge in [-0.3, -0.25) is 9.69 Å². The van der Waals surface area contributed by atoms with Gasteiger partial charge in [-0.2, -0.15) is 0 Å². The van der Waals surface area contributed by atoms with E-state index in [9.17, 15) is 17.6 Å². The van der Waals surface area contributed by atoms with Gasteiger partial charge in [-0.15, -0.1) is 0 Å². The third-order valence-electron chi connectivity index (χ3n) is 7.52. The fraction of sp³-hybridized carbons (Fsp3) is 0.500. The van der Waals surface area contributed by atoms with Gasteiger partial charge in [0.1, 0.15) is 11.9 Å². The van der Waals surface area contributed by atoms with Crippen molar-refractivity contribution in [3.8, 4) is 0 Å². The summed E-state index contributed by atoms with van der Waals surface area (Å²) in [5, 5.41) is 0. The molecule has 3 heterocycles. The van der Waals surface area contributed by atoms with Crippen molar-refractivity contribution in [2.45, 2.75) is 37.1 Å². The van der Waals surface area contributed by atoms with Crippen LogP contribution in [0.4, 0.5) is 4.39 Å². The van der Waals surface area contributed by atoms with Crippen molar-refractivity contribution in [3.05, 3.63) is 71.0 Å². The van der Waals surface area contributed by atoms with Gasteiger partial charge in [0.15, 0.2) is 9.84 Å². The average Bonchev–Trinajstić information content (AvgIpc) is 2.88. The number of sulfone groups is 1. The molecule has 3 aliphatic rings. The molecule has 9 heteroatoms. The minimum atomic E-state index is -3.01. The van der Waals surface area contributed by atoms with Crippen LogP contribution in [0.2, 0.25) is 0 Å². The molecule has 0 aromatic heterocycles. The van der Waals surface area contributed by atoms with Crippen LogP contribution in [0.25, 0.3) is 0 Å². The number of hydrogen-bond acceptors (Lipinski definition) is 6. The first-order valence-corrected chi connectivity index (χ1v) is 13.9. The number of benzene rings is 2. The fourth-order valence-electron chi connectivity index (χ4n) is 5.59. The molecule has 0 aliphatic carbocycles. The molecule has 1 amide bonds. The Kier molecular flexibility index (Phi) is 6.94. The zero-order chi connectivity index (χ0) is 24.6. The van der Waals surface area contributed by atoms with E-state index in [1.165, 1.54) is 17.7 Å². The lowest BCUT2D eigenvalue weighted by molar-refractivity contribution is -0.162. The number of carbonyl (C=O) groups is 1. The summed E-state index contributed by atoms with van der Waals surface area (Å²) in [5.41, 5.74) is 3.08. The first-order chi connectivity index (χ1) is 16.9. The third-order valence-corrected chi connectivity index (χ3v) is 9.13. The molecule has 0 spiro atoms. The number of methoxy groups -OCH3 is 1. The van der Waals surface area contributed by atoms with Crippen molar-refractivity contribution in [1.82, 2.24) is 9.80 Å². The summed E-state index contributed by atoms with van der Waals surface area (Å²) < 4.78 is 49.2. The van der Waals surface area contributed by atoms with Gasteiger partial charge in [-0.25, -0.2) is 12.8 Å². The number of amides is 1. The molecule has 5 rings (SSSR count). The number of fused-ring (bicyclic) bond motifs is 1. The number of halogens is 1. The second kappa shape index (κ2) is 9.97. The van der Waals surface area contributed by atoms with Gasteiger partial charge < -0.3 is 14.4 Å². The maximum atomic E-state index is 13.9. The largest absolute Gasteiger partial charge is 0.377 e. The van der Waals surface area contributed by atoms with Crippen LogP contribution in [0.3, 0.4) is 0 Å². The fourth-order valence-corrected chi connectivity index (χ4v) is 6.82. The molecule has 3 aliphatic heterocycles. The Morgan fingerprint density at radius 2 is 1.77 bits per heavy atom. The molecule has 7 nitrogen and oxygen atoms in total. The zero-order valence-corrected chi connectivity index (χ0v) is 20.6. The topological polar surface area (TPSA) is 76.2 Å². The van der Waals surface area contributed by atoms with Crippen LogP contribution in [-0.4, -0.2) is 87.2 Å². The molecule has 2 fully saturated rings. The van der Waals surface area contributed by atoms with Crippen molar-refractivity contribution in [1.29, 1.82) is 0 Å². The van der Waals surface area contributed by atoms with E-state index < -0.39 is 15.9 Å². The Hall–Kier alpha value is -2.33. The monoisotopic (exact) mass is 502 g/mol. The molecule has 35 heavy (non-hydrogen) atoms. The summed E-state index contributed by atoms with van der Waals surface area (Å²) in [6.45, 7) is 1.68. The number of hydrogen-bond donors (Lipinski definition) is 0. The van der Waals surface area contributed by atoms with Gasteiger partial charge >= 0.3 is 0 Å². The smallest absolute Gasteiger partial charge is 0.252 e. The molecule has 188 valence electrons. The first kappa shape index (κ1) is 24.4. The molecule has 0 radical (unpaired) electrons. The second-order valence-corrected chi connectivity index (χ2v) is 11.8. The maximum Gasteiger partial charge on any atom is 0.252 e. The Bertz CT molecular complexity index is 1160. The van der Waals surface area contributed by atoms with Gasteiger partial charge in [0.05, 0.1) is 30.3 Å². The van der Waals surface area contributed by atoms with E-state index >= 15 is 0 Å². The normalized spacial score (nSPS) is 28.9. The predicted octanol–water partition coefficient (Wildman–Crippen LogP) is 2.20. The molecule has 0 saturated carbocycles. The number of rotatable bonds is 4. The van der Waals surface area contributed by atoms with Gasteiger partial charge in [-0.1, -0.05) is 36.4 Å². The van der Waals surface area contributed by atoms with Crippen molar-refractivity contribution in [2.75, 3.05) is 44.9 Å². The van der Waals surface area contributed by atoms with Crippen LogP contribution in [-0.2, 0) is 30.5 Å². The summed E-state index contributed by atoms with van der Waals surface area (Å²) in [7, 11) is -1.39. The lowest BCUT2D eigenvalue weighted by Crippen LogP contribution is -2.58. The summed E-state index contributed by atoms with van der Waals surface area (Å²) in [6, 6.07) is 14.0. The van der Waals surface area contributed by atoms with Crippen LogP contribution in [0.5, 0.6) is 0 Å². The molecule has 0 bridgehead atoms. The van der Waals surface area contributed by atoms with Crippen LogP contribution >= 0.6 is 0 Å². The third kappa shape index (κ3) is 5.00. The van der Waals surface area contributed by atoms with Gasteiger partial charge in [0, 0.05) is 39.2 Å². The van der Waals surface area contributed by atoms with Crippen molar-refractivity contribution in [3.63, 3.8) is 0 Å².